The van der Waals surface area contributed by atoms with Crippen molar-refractivity contribution < 1.29 is 47.2 Å². The van der Waals surface area contributed by atoms with Crippen molar-refractivity contribution in [2.45, 2.75) is 84.4 Å². The topological polar surface area (TPSA) is 124 Å². The number of ketones is 1. The number of carbonyl (C=O) groups is 4. The van der Waals surface area contributed by atoms with Crippen LogP contribution in [0.15, 0.2) is 41.7 Å². The van der Waals surface area contributed by atoms with E-state index in [1.165, 1.54) is 13.8 Å². The van der Waals surface area contributed by atoms with Gasteiger partial charge in [-0.3, -0.25) is 14.4 Å². The number of allylic oxidation sites excluding steroid dienone is 2. The van der Waals surface area contributed by atoms with E-state index in [0.29, 0.717) is 12.0 Å². The number of esters is 3. The molecule has 61 heavy (non-hydrogen) atoms. The van der Waals surface area contributed by atoms with Gasteiger partial charge in [0.2, 0.25) is 0 Å². The van der Waals surface area contributed by atoms with Crippen molar-refractivity contribution in [3.05, 3.63) is 47.2 Å². The molecule has 342 valence electrons. The van der Waals surface area contributed by atoms with Gasteiger partial charge in [-0.25, -0.2) is 4.79 Å². The Kier molecular flexibility index (Phi) is 22.5. The van der Waals surface area contributed by atoms with Gasteiger partial charge in [0, 0.05) is 52.0 Å². The van der Waals surface area contributed by atoms with E-state index in [0.717, 1.165) is 11.3 Å². The van der Waals surface area contributed by atoms with Crippen LogP contribution in [-0.4, -0.2) is 60.3 Å². The Morgan fingerprint density at radius 1 is 0.787 bits per heavy atom. The zero-order chi connectivity index (χ0) is 45.7. The zero-order valence-corrected chi connectivity index (χ0v) is 55.3. The first-order valence-corrected chi connectivity index (χ1v) is 53.2. The predicted molar refractivity (Wildman–Crippen MR) is 310 cm³/mol. The summed E-state index contributed by atoms with van der Waals surface area (Å²) in [4.78, 5) is 57.6. The molecular formula is C31H58O10P20. The summed E-state index contributed by atoms with van der Waals surface area (Å²) in [5.74, 6) is -3.51. The summed E-state index contributed by atoms with van der Waals surface area (Å²) in [6.45, 7) is 6.33. The molecule has 3 fully saturated rings. The summed E-state index contributed by atoms with van der Waals surface area (Å²) in [7, 11) is 30.8. The largest absolute Gasteiger partial charge is 0.468 e. The molecule has 1 aliphatic heterocycles. The number of fused-ring (bicyclic) bond motifs is 5. The molecule has 0 N–H and O–H groups in total. The smallest absolute Gasteiger partial charge is 0.338 e. The Labute approximate surface area is 397 Å². The van der Waals surface area contributed by atoms with Crippen LogP contribution in [0.1, 0.15) is 64.7 Å². The molecule has 5 rings (SSSR count). The van der Waals surface area contributed by atoms with Crippen LogP contribution < -0.4 is 0 Å². The fraction of sp³-hybridized carbons (Fsp3) is 0.613. The lowest BCUT2D eigenvalue weighted by molar-refractivity contribution is -0.346. The van der Waals surface area contributed by atoms with Gasteiger partial charge in [0.1, 0.15) is 18.0 Å². The SMILES string of the molecule is CC(=O)O[C@@H]1C(=O)C2C(C)=C(OP(P(P)P(P)P)P(P(P)P)P(P)P)CC([C@@H](OC(=O)c3ccccc3)C3[C@@]1(C)[C@@H](OP(P(P)P)P(P)P)C[C@H]1OC[C@@]31OC(C)=O)C2(C)C. The third kappa shape index (κ3) is 12.2. The molecule has 1 aromatic rings. The number of ether oxygens (including phenoxy) is 4. The highest BCUT2D eigenvalue weighted by molar-refractivity contribution is 9.19. The van der Waals surface area contributed by atoms with Crippen LogP contribution in [0.2, 0.25) is 0 Å². The maximum absolute atomic E-state index is 16.1. The molecule has 0 amide bonds. The van der Waals surface area contributed by atoms with Crippen LogP contribution in [0.4, 0.5) is 0 Å². The van der Waals surface area contributed by atoms with Crippen molar-refractivity contribution in [3.63, 3.8) is 0 Å². The minimum Gasteiger partial charge on any atom is -0.468 e. The Morgan fingerprint density at radius 2 is 1.38 bits per heavy atom. The van der Waals surface area contributed by atoms with E-state index in [9.17, 15) is 14.4 Å². The lowest BCUT2D eigenvalue weighted by Crippen LogP contribution is -2.80. The Balaban J connectivity index is 1.87. The number of hydrogen-bond donors (Lipinski definition) is 0. The van der Waals surface area contributed by atoms with E-state index in [4.69, 9.17) is 28.0 Å². The molecule has 3 aliphatic carbocycles. The molecule has 16 unspecified atom stereocenters. The lowest BCUT2D eigenvalue weighted by atomic mass is 9.45. The fourth-order valence-electron chi connectivity index (χ4n) is 9.37. The highest BCUT2D eigenvalue weighted by Gasteiger charge is 2.77. The van der Waals surface area contributed by atoms with Gasteiger partial charge in [-0.2, -0.15) is 0 Å². The van der Waals surface area contributed by atoms with Gasteiger partial charge in [0.05, 0.1) is 37.6 Å². The Bertz CT molecular complexity index is 1810. The molecule has 2 bridgehead atoms. The third-order valence-electron chi connectivity index (χ3n) is 11.8. The molecular weight excluding hydrogens is 1150 g/mol. The predicted octanol–water partition coefficient (Wildman–Crippen LogP) is 15.1. The van der Waals surface area contributed by atoms with Gasteiger partial charge in [-0.1, -0.05) is 47.9 Å². The van der Waals surface area contributed by atoms with Crippen LogP contribution in [0, 0.1) is 28.6 Å². The summed E-state index contributed by atoms with van der Waals surface area (Å²) in [5.41, 5.74) is -2.44. The van der Waals surface area contributed by atoms with E-state index in [1.54, 1.807) is 24.3 Å². The van der Waals surface area contributed by atoms with Gasteiger partial charge in [0.25, 0.3) is 0 Å². The minimum absolute atomic E-state index is 0.00464. The first kappa shape index (κ1) is 57.3. The number of hydrogen-bond acceptors (Lipinski definition) is 10. The van der Waals surface area contributed by atoms with Gasteiger partial charge in [-0.15, -0.1) is 89.3 Å². The summed E-state index contributed by atoms with van der Waals surface area (Å²) in [6.07, 6.45) is -3.12. The van der Waals surface area contributed by atoms with Crippen LogP contribution in [0.25, 0.3) is 0 Å². The standard InChI is InChI=1S/C31H58O10P20/c1-15-20(40-54(60(52)57(46)47)61(58(48)49)59(50)51)12-19-25(38-28(35)18-10-8-7-9-11-18)26-30(6,27(37-16(2)32)24(34)23(15)29(19,4)5)21(41-53(55(42)43)56(44)45)13-22-31(26,14-36-22)39-17(3)33/h7-11,19,21-23,25-27H,12-14,42-52H2,1-6H3/t19?,21-,22+,23?,25+,26?,27+,30+,31-,54?,60?/m0/s1. The van der Waals surface area contributed by atoms with E-state index < -0.39 is 140 Å². The second-order valence-electron chi connectivity index (χ2n) is 15.9. The maximum atomic E-state index is 16.1. The second-order valence-corrected chi connectivity index (χ2v) is 88.3. The van der Waals surface area contributed by atoms with E-state index in [-0.39, 0.29) is 18.8 Å². The zero-order valence-electron chi connectivity index (χ0n) is 34.5. The second kappa shape index (κ2) is 23.9. The summed E-state index contributed by atoms with van der Waals surface area (Å²) in [6, 6.07) is 8.85. The first-order valence-electron chi connectivity index (χ1n) is 18.6. The van der Waals surface area contributed by atoms with E-state index >= 15 is 4.79 Å². The van der Waals surface area contributed by atoms with Crippen molar-refractivity contribution in [2.24, 2.45) is 28.6 Å². The average Bonchev–Trinajstić information content (AvgIpc) is 3.14. The highest BCUT2D eigenvalue weighted by atomic mass is 33.2. The first-order chi connectivity index (χ1) is 28.3. The van der Waals surface area contributed by atoms with E-state index in [2.05, 4.69) is 98.2 Å². The monoisotopic (exact) mass is 1210 g/mol. The van der Waals surface area contributed by atoms with Crippen molar-refractivity contribution in [1.82, 2.24) is 0 Å². The van der Waals surface area contributed by atoms with Crippen LogP contribution in [0.3, 0.4) is 0 Å². The number of carbonyl (C=O) groups excluding carboxylic acids is 4. The van der Waals surface area contributed by atoms with Crippen molar-refractivity contribution in [1.29, 1.82) is 0 Å². The summed E-state index contributed by atoms with van der Waals surface area (Å²) < 4.78 is 41.0. The lowest BCUT2D eigenvalue weighted by Gasteiger charge is -2.67. The van der Waals surface area contributed by atoms with Crippen LogP contribution in [0.5, 0.6) is 0 Å². The van der Waals surface area contributed by atoms with Gasteiger partial charge in [0.15, 0.2) is 25.0 Å². The molecule has 1 saturated heterocycles. The molecule has 0 radical (unpaired) electrons. The number of rotatable bonds is 15. The van der Waals surface area contributed by atoms with E-state index in [1.807, 2.05) is 33.8 Å². The third-order valence-corrected chi connectivity index (χ3v) is 105. The van der Waals surface area contributed by atoms with Gasteiger partial charge in [-0.05, 0) is 65.0 Å². The molecule has 1 aromatic carbocycles. The fourth-order valence-corrected chi connectivity index (χ4v) is 138. The number of Topliss-reactive ketones (excluding diaryl/α,β-unsaturated/α-hetero) is 1. The molecule has 4 aliphatic rings. The Hall–Kier alpha value is 5.36. The minimum atomic E-state index is -1.38. The van der Waals surface area contributed by atoms with Gasteiger partial charge < -0.3 is 28.0 Å². The normalized spacial score (nSPS) is 32.0. The van der Waals surface area contributed by atoms with Crippen molar-refractivity contribution in [3.8, 4) is 0 Å². The Morgan fingerprint density at radius 3 is 1.85 bits per heavy atom. The van der Waals surface area contributed by atoms with Crippen LogP contribution >= 0.6 is 162 Å². The highest BCUT2D eigenvalue weighted by Crippen LogP contribution is 3.18. The maximum Gasteiger partial charge on any atom is 0.338 e. The molecule has 22 atom stereocenters. The average molecular weight is 1210 g/mol. The molecule has 10 nitrogen and oxygen atoms in total. The molecule has 1 heterocycles. The van der Waals surface area contributed by atoms with Crippen molar-refractivity contribution >= 4 is 186 Å². The number of benzene rings is 1. The van der Waals surface area contributed by atoms with Crippen LogP contribution in [-0.2, 0) is 42.4 Å². The summed E-state index contributed by atoms with van der Waals surface area (Å²) in [5, 5.41) is 0. The van der Waals surface area contributed by atoms with Gasteiger partial charge >= 0.3 is 17.9 Å². The van der Waals surface area contributed by atoms with Crippen molar-refractivity contribution in [2.75, 3.05) is 6.61 Å². The summed E-state index contributed by atoms with van der Waals surface area (Å²) >= 11 is 0. The molecule has 0 spiro atoms. The molecule has 30 heteroatoms. The molecule has 2 saturated carbocycles. The quantitative estimate of drug-likeness (QED) is 0.0952. The molecule has 0 aromatic heterocycles.